The number of fused-ring (bicyclic) bond motifs is 1. The summed E-state index contributed by atoms with van der Waals surface area (Å²) >= 11 is 0. The van der Waals surface area contributed by atoms with Gasteiger partial charge in [0.25, 0.3) is 5.91 Å². The number of rotatable bonds is 12. The number of carbonyl (C=O) groups excluding carboxylic acids is 2. The van der Waals surface area contributed by atoms with Gasteiger partial charge in [0.05, 0.1) is 12.2 Å². The number of likely N-dealkylation sites (tertiary alicyclic amines) is 1. The lowest BCUT2D eigenvalue weighted by molar-refractivity contribution is -0.156. The zero-order chi connectivity index (χ0) is 25.7. The summed E-state index contributed by atoms with van der Waals surface area (Å²) in [5.41, 5.74) is 0.869. The first kappa shape index (κ1) is 26.0. The van der Waals surface area contributed by atoms with Crippen LogP contribution in [0.25, 0.3) is 0 Å². The molecule has 2 aliphatic rings. The lowest BCUT2D eigenvalue weighted by atomic mass is 10.1. The van der Waals surface area contributed by atoms with Gasteiger partial charge in [-0.05, 0) is 55.5 Å². The van der Waals surface area contributed by atoms with Crippen molar-refractivity contribution in [3.8, 4) is 5.75 Å². The van der Waals surface area contributed by atoms with E-state index in [1.807, 2.05) is 31.2 Å². The lowest BCUT2D eigenvalue weighted by Crippen LogP contribution is -2.36. The highest BCUT2D eigenvalue weighted by Crippen LogP contribution is 2.45. The molecule has 2 aromatic rings. The molecular weight excluding hydrogens is 470 g/mol. The van der Waals surface area contributed by atoms with E-state index >= 15 is 0 Å². The molecule has 1 amide bonds. The predicted octanol–water partition coefficient (Wildman–Crippen LogP) is 3.21. The molecule has 1 saturated heterocycles. The van der Waals surface area contributed by atoms with E-state index < -0.39 is 17.7 Å². The maximum Gasteiger partial charge on any atom is 0.335 e. The summed E-state index contributed by atoms with van der Waals surface area (Å²) in [6, 6.07) is 10.9. The van der Waals surface area contributed by atoms with Crippen LogP contribution in [0.1, 0.15) is 29.8 Å². The van der Waals surface area contributed by atoms with Gasteiger partial charge in [-0.15, -0.1) is 0 Å². The molecule has 1 unspecified atom stereocenters. The molecule has 36 heavy (non-hydrogen) atoms. The highest BCUT2D eigenvalue weighted by molar-refractivity contribution is 5.94. The van der Waals surface area contributed by atoms with Gasteiger partial charge in [0.1, 0.15) is 24.0 Å². The van der Waals surface area contributed by atoms with Crippen LogP contribution in [-0.4, -0.2) is 68.4 Å². The Hall–Kier alpha value is -3.04. The molecular formula is C27H32F2N2O5. The SMILES string of the molecule is CCOC(=O)[C@H](Cc1ccc(OCCNC2[C@H]3CN(C(=O)c4ccc(F)cc4F)C[C@@H]23)cc1)OCC. The van der Waals surface area contributed by atoms with Crippen LogP contribution in [0, 0.1) is 23.5 Å². The third-order valence-corrected chi connectivity index (χ3v) is 6.66. The maximum absolute atomic E-state index is 13.9. The van der Waals surface area contributed by atoms with Gasteiger partial charge in [0, 0.05) is 44.8 Å². The van der Waals surface area contributed by atoms with Crippen molar-refractivity contribution in [3.63, 3.8) is 0 Å². The minimum Gasteiger partial charge on any atom is -0.492 e. The average molecular weight is 503 g/mol. The Morgan fingerprint density at radius 1 is 1.06 bits per heavy atom. The summed E-state index contributed by atoms with van der Waals surface area (Å²) in [7, 11) is 0. The van der Waals surface area contributed by atoms with Gasteiger partial charge >= 0.3 is 5.97 Å². The Kier molecular flexibility index (Phi) is 8.53. The average Bonchev–Trinajstić information content (AvgIpc) is 3.29. The largest absolute Gasteiger partial charge is 0.492 e. The first-order valence-electron chi connectivity index (χ1n) is 12.4. The Bertz CT molecular complexity index is 1050. The predicted molar refractivity (Wildman–Crippen MR) is 129 cm³/mol. The normalized spacial score (nSPS) is 21.1. The summed E-state index contributed by atoms with van der Waals surface area (Å²) in [6.07, 6.45) is -0.184. The molecule has 0 spiro atoms. The molecule has 4 rings (SSSR count). The van der Waals surface area contributed by atoms with E-state index in [9.17, 15) is 18.4 Å². The lowest BCUT2D eigenvalue weighted by Gasteiger charge is -2.20. The molecule has 2 aromatic carbocycles. The first-order chi connectivity index (χ1) is 17.4. The van der Waals surface area contributed by atoms with E-state index in [2.05, 4.69) is 5.32 Å². The van der Waals surface area contributed by atoms with Gasteiger partial charge in [0.15, 0.2) is 6.10 Å². The van der Waals surface area contributed by atoms with Gasteiger partial charge in [-0.1, -0.05) is 12.1 Å². The van der Waals surface area contributed by atoms with Crippen molar-refractivity contribution in [2.24, 2.45) is 11.8 Å². The Morgan fingerprint density at radius 3 is 2.42 bits per heavy atom. The van der Waals surface area contributed by atoms with E-state index in [1.54, 1.807) is 11.8 Å². The number of hydrogen-bond acceptors (Lipinski definition) is 6. The highest BCUT2D eigenvalue weighted by Gasteiger charge is 2.56. The first-order valence-corrected chi connectivity index (χ1v) is 12.4. The van der Waals surface area contributed by atoms with Gasteiger partial charge in [-0.25, -0.2) is 13.6 Å². The third kappa shape index (κ3) is 6.20. The molecule has 1 heterocycles. The number of esters is 1. The van der Waals surface area contributed by atoms with Crippen LogP contribution < -0.4 is 10.1 Å². The van der Waals surface area contributed by atoms with E-state index in [-0.39, 0.29) is 17.4 Å². The summed E-state index contributed by atoms with van der Waals surface area (Å²) in [5.74, 6) is -0.846. The van der Waals surface area contributed by atoms with Crippen LogP contribution in [0.2, 0.25) is 0 Å². The number of nitrogens with one attached hydrogen (secondary N) is 1. The van der Waals surface area contributed by atoms with Crippen LogP contribution in [0.15, 0.2) is 42.5 Å². The van der Waals surface area contributed by atoms with Gasteiger partial charge < -0.3 is 24.4 Å². The number of amides is 1. The molecule has 4 atom stereocenters. The molecule has 1 saturated carbocycles. The molecule has 1 N–H and O–H groups in total. The van der Waals surface area contributed by atoms with Gasteiger partial charge in [-0.2, -0.15) is 0 Å². The van der Waals surface area contributed by atoms with Crippen molar-refractivity contribution in [1.29, 1.82) is 0 Å². The van der Waals surface area contributed by atoms with Crippen LogP contribution in [-0.2, 0) is 20.7 Å². The summed E-state index contributed by atoms with van der Waals surface area (Å²) in [4.78, 5) is 26.2. The second-order valence-corrected chi connectivity index (χ2v) is 9.03. The minimum absolute atomic E-state index is 0.0871. The number of ether oxygens (including phenoxy) is 3. The summed E-state index contributed by atoms with van der Waals surface area (Å²) < 4.78 is 43.4. The van der Waals surface area contributed by atoms with Crippen molar-refractivity contribution in [1.82, 2.24) is 10.2 Å². The van der Waals surface area contributed by atoms with Crippen LogP contribution >= 0.6 is 0 Å². The highest BCUT2D eigenvalue weighted by atomic mass is 19.1. The topological polar surface area (TPSA) is 77.1 Å². The second-order valence-electron chi connectivity index (χ2n) is 9.03. The van der Waals surface area contributed by atoms with Crippen LogP contribution in [0.5, 0.6) is 5.75 Å². The standard InChI is InChI=1S/C27H32F2N2O5/c1-3-34-24(27(33)35-4-2)13-17-5-8-19(9-6-17)36-12-11-30-25-21-15-31(16-22(21)25)26(32)20-10-7-18(28)14-23(20)29/h5-10,14,21-22,24-25,30H,3-4,11-13,15-16H2,1-2H3/t21-,22+,24-,25?/m0/s1. The van der Waals surface area contributed by atoms with E-state index in [4.69, 9.17) is 14.2 Å². The molecule has 0 aromatic heterocycles. The fourth-order valence-corrected chi connectivity index (χ4v) is 4.81. The van der Waals surface area contributed by atoms with Crippen molar-refractivity contribution < 1.29 is 32.6 Å². The molecule has 1 aliphatic carbocycles. The van der Waals surface area contributed by atoms with Gasteiger partial charge in [0.2, 0.25) is 0 Å². The van der Waals surface area contributed by atoms with Crippen molar-refractivity contribution in [3.05, 3.63) is 65.2 Å². The number of carbonyl (C=O) groups is 2. The number of benzene rings is 2. The molecule has 194 valence electrons. The monoisotopic (exact) mass is 502 g/mol. The minimum atomic E-state index is -0.825. The van der Waals surface area contributed by atoms with E-state index in [1.165, 1.54) is 6.07 Å². The summed E-state index contributed by atoms with van der Waals surface area (Å²) in [6.45, 7) is 6.64. The van der Waals surface area contributed by atoms with E-state index in [0.29, 0.717) is 63.8 Å². The van der Waals surface area contributed by atoms with Crippen molar-refractivity contribution in [2.75, 3.05) is 39.5 Å². The Morgan fingerprint density at radius 2 is 1.78 bits per heavy atom. The number of hydrogen-bond donors (Lipinski definition) is 1. The maximum atomic E-state index is 13.9. The zero-order valence-corrected chi connectivity index (χ0v) is 20.5. The fraction of sp³-hybridized carbons (Fsp3) is 0.481. The smallest absolute Gasteiger partial charge is 0.335 e. The fourth-order valence-electron chi connectivity index (χ4n) is 4.81. The number of nitrogens with zero attached hydrogens (tertiary/aromatic N) is 1. The van der Waals surface area contributed by atoms with Gasteiger partial charge in [-0.3, -0.25) is 4.79 Å². The molecule has 9 heteroatoms. The summed E-state index contributed by atoms with van der Waals surface area (Å²) in [5, 5.41) is 3.47. The van der Waals surface area contributed by atoms with Crippen LogP contribution in [0.4, 0.5) is 8.78 Å². The molecule has 1 aliphatic heterocycles. The second kappa shape index (κ2) is 11.8. The molecule has 0 bridgehead atoms. The quantitative estimate of drug-likeness (QED) is 0.355. The van der Waals surface area contributed by atoms with Crippen LogP contribution in [0.3, 0.4) is 0 Å². The van der Waals surface area contributed by atoms with Crippen molar-refractivity contribution in [2.45, 2.75) is 32.4 Å². The molecule has 7 nitrogen and oxygen atoms in total. The number of piperidine rings is 1. The number of halogens is 2. The van der Waals surface area contributed by atoms with Crippen molar-refractivity contribution >= 4 is 11.9 Å². The Balaban J connectivity index is 1.15. The Labute approximate surface area is 209 Å². The zero-order valence-electron chi connectivity index (χ0n) is 20.5. The molecule has 2 fully saturated rings. The van der Waals surface area contributed by atoms with E-state index in [0.717, 1.165) is 23.4 Å². The molecule has 0 radical (unpaired) electrons. The third-order valence-electron chi connectivity index (χ3n) is 6.66.